The molecule has 0 aliphatic rings. The van der Waals surface area contributed by atoms with E-state index in [4.69, 9.17) is 9.98 Å². The number of para-hydroxylation sites is 1. The molecule has 0 radical (unpaired) electrons. The average molecular weight is 1090 g/mol. The maximum atomic E-state index is 10.9. The molecule has 0 atom stereocenters. The second-order valence-corrected chi connectivity index (χ2v) is 22.6. The van der Waals surface area contributed by atoms with E-state index < -0.39 is 5.75 Å². The van der Waals surface area contributed by atoms with Crippen molar-refractivity contribution in [3.8, 4) is 11.5 Å². The molecule has 3 aromatic rings. The molecule has 434 valence electrons. The van der Waals surface area contributed by atoms with Gasteiger partial charge in [0.1, 0.15) is 0 Å². The zero-order chi connectivity index (χ0) is 54.2. The van der Waals surface area contributed by atoms with E-state index in [0.29, 0.717) is 12.0 Å². The van der Waals surface area contributed by atoms with E-state index in [-0.39, 0.29) is 22.2 Å². The molecular weight excluding hydrogens is 971 g/mol. The minimum Gasteiger partial charge on any atom is -0.873 e. The second kappa shape index (κ2) is 50.3. The minimum atomic E-state index is -0.403. The number of unbranched alkanes of at least 4 members (excludes halogenated alkanes) is 31. The topological polar surface area (TPSA) is 70.8 Å². The Bertz CT molecular complexity index is 1870. The maximum absolute atomic E-state index is 10.9. The standard InChI is InChI=1S/C63H110N2.C8H10O2.Ni/c1-7-13-19-21-22-23-24-25-26-27-28-29-30-31-32-33-34-35-36-37-43-49-63(65-61-53-51-57(45-39-16-10-4)59(55-61)47-41-18-12-6)62(48-42-20-14-8-2)64-60-52-50-56(44-38-15-9-3)58(54-60)46-40-17-11-5;1-2-6-4-3-5-7(9)8(6)10;/h50-55H,7-49H2,1-6H3;3-5,9-10H,2H2,1H3;/q;;+2/p-2. The third-order valence-electron chi connectivity index (χ3n) is 15.7. The van der Waals surface area contributed by atoms with Crippen molar-refractivity contribution in [1.29, 1.82) is 0 Å². The molecule has 0 fully saturated rings. The van der Waals surface area contributed by atoms with Crippen LogP contribution in [0.3, 0.4) is 0 Å². The monoisotopic (exact) mass is 1090 g/mol. The largest absolute Gasteiger partial charge is 2.00 e. The zero-order valence-electron chi connectivity index (χ0n) is 50.8. The van der Waals surface area contributed by atoms with Gasteiger partial charge in [-0.1, -0.05) is 283 Å². The van der Waals surface area contributed by atoms with E-state index in [2.05, 4.69) is 77.9 Å². The first-order chi connectivity index (χ1) is 36.8. The van der Waals surface area contributed by atoms with Crippen LogP contribution in [0.2, 0.25) is 0 Å². The van der Waals surface area contributed by atoms with Gasteiger partial charge in [-0.25, -0.2) is 0 Å². The molecule has 0 N–H and O–H groups in total. The SMILES string of the molecule is CCCCCCCCCCCCCCCCCCCCCCCC(=Nc1ccc(CCCCC)c(CCCCC)c1)C(CCCCCC)=Nc1ccc(CCCCC)c(CCCCC)c1.CCc1cccc([O-])c1[O-].[Ni+2]. The molecule has 4 nitrogen and oxygen atoms in total. The van der Waals surface area contributed by atoms with Gasteiger partial charge in [-0.05, 0) is 130 Å². The maximum Gasteiger partial charge on any atom is 2.00 e. The van der Waals surface area contributed by atoms with Crippen molar-refractivity contribution in [2.45, 2.75) is 331 Å². The fourth-order valence-corrected chi connectivity index (χ4v) is 10.7. The summed E-state index contributed by atoms with van der Waals surface area (Å²) >= 11 is 0. The zero-order valence-corrected chi connectivity index (χ0v) is 51.8. The van der Waals surface area contributed by atoms with Crippen molar-refractivity contribution in [2.24, 2.45) is 9.98 Å². The molecule has 76 heavy (non-hydrogen) atoms. The van der Waals surface area contributed by atoms with Crippen LogP contribution in [-0.4, -0.2) is 11.4 Å². The van der Waals surface area contributed by atoms with Crippen molar-refractivity contribution < 1.29 is 26.7 Å². The molecule has 0 saturated heterocycles. The van der Waals surface area contributed by atoms with E-state index in [1.165, 1.54) is 281 Å². The Labute approximate surface area is 481 Å². The van der Waals surface area contributed by atoms with Crippen LogP contribution in [-0.2, 0) is 48.6 Å². The van der Waals surface area contributed by atoms with Gasteiger partial charge in [0.2, 0.25) is 0 Å². The van der Waals surface area contributed by atoms with Gasteiger partial charge in [0, 0.05) is 0 Å². The van der Waals surface area contributed by atoms with Crippen LogP contribution in [0.1, 0.15) is 327 Å². The first-order valence-corrected chi connectivity index (χ1v) is 32.7. The van der Waals surface area contributed by atoms with Gasteiger partial charge in [-0.2, -0.15) is 0 Å². The Morgan fingerprint density at radius 2 is 0.605 bits per heavy atom. The minimum absolute atomic E-state index is 0. The number of benzene rings is 3. The van der Waals surface area contributed by atoms with Gasteiger partial charge < -0.3 is 10.2 Å². The Kier molecular flexibility index (Phi) is 47.1. The number of aliphatic imine (C=N–C) groups is 2. The summed E-state index contributed by atoms with van der Waals surface area (Å²) in [6.45, 7) is 15.8. The molecule has 0 spiro atoms. The van der Waals surface area contributed by atoms with Crippen molar-refractivity contribution in [3.05, 3.63) is 82.4 Å². The van der Waals surface area contributed by atoms with Gasteiger partial charge in [0.15, 0.2) is 0 Å². The summed E-state index contributed by atoms with van der Waals surface area (Å²) in [5, 5.41) is 21.6. The Morgan fingerprint density at radius 1 is 0.316 bits per heavy atom. The van der Waals surface area contributed by atoms with Crippen LogP contribution < -0.4 is 10.2 Å². The number of hydrogen-bond donors (Lipinski definition) is 0. The summed E-state index contributed by atoms with van der Waals surface area (Å²) in [5.41, 5.74) is 11.6. The summed E-state index contributed by atoms with van der Waals surface area (Å²) in [4.78, 5) is 11.3. The van der Waals surface area contributed by atoms with Gasteiger partial charge in [0.05, 0.1) is 22.8 Å². The molecule has 5 heteroatoms. The van der Waals surface area contributed by atoms with E-state index in [1.807, 2.05) is 6.92 Å². The molecule has 0 saturated carbocycles. The van der Waals surface area contributed by atoms with Crippen molar-refractivity contribution in [3.63, 3.8) is 0 Å². The number of nitrogens with zero attached hydrogens (tertiary/aromatic N) is 2. The van der Waals surface area contributed by atoms with Crippen LogP contribution in [0.25, 0.3) is 0 Å². The smallest absolute Gasteiger partial charge is 0.873 e. The number of aryl methyl sites for hydroxylation is 5. The van der Waals surface area contributed by atoms with Gasteiger partial charge in [0.25, 0.3) is 0 Å². The third-order valence-corrected chi connectivity index (χ3v) is 15.7. The Hall–Kier alpha value is -2.91. The summed E-state index contributed by atoms with van der Waals surface area (Å²) in [5.74, 6) is -0.760. The van der Waals surface area contributed by atoms with Crippen LogP contribution in [0.15, 0.2) is 64.6 Å². The molecule has 0 aliphatic carbocycles. The number of hydrogen-bond acceptors (Lipinski definition) is 4. The van der Waals surface area contributed by atoms with Crippen LogP contribution >= 0.6 is 0 Å². The molecule has 0 aromatic heterocycles. The summed E-state index contributed by atoms with van der Waals surface area (Å²) in [6.07, 6.45) is 57.8. The second-order valence-electron chi connectivity index (χ2n) is 22.6. The molecule has 0 heterocycles. The summed E-state index contributed by atoms with van der Waals surface area (Å²) in [6, 6.07) is 19.1. The van der Waals surface area contributed by atoms with Gasteiger partial charge in [-0.15, -0.1) is 11.5 Å². The van der Waals surface area contributed by atoms with Crippen LogP contribution in [0, 0.1) is 0 Å². The molecule has 0 aliphatic heterocycles. The molecule has 0 amide bonds. The average Bonchev–Trinajstić information content (AvgIpc) is 3.42. The Balaban J connectivity index is 0.00000234. The van der Waals surface area contributed by atoms with Crippen LogP contribution in [0.4, 0.5) is 11.4 Å². The molecule has 0 bridgehead atoms. The van der Waals surface area contributed by atoms with Gasteiger partial charge in [-0.3, -0.25) is 9.98 Å². The Morgan fingerprint density at radius 3 is 0.921 bits per heavy atom. The van der Waals surface area contributed by atoms with E-state index >= 15 is 0 Å². The van der Waals surface area contributed by atoms with Crippen molar-refractivity contribution >= 4 is 22.8 Å². The fourth-order valence-electron chi connectivity index (χ4n) is 10.7. The predicted octanol–water partition coefficient (Wildman–Crippen LogP) is 22.4. The van der Waals surface area contributed by atoms with E-state index in [1.54, 1.807) is 34.4 Å². The van der Waals surface area contributed by atoms with Gasteiger partial charge >= 0.3 is 16.5 Å². The summed E-state index contributed by atoms with van der Waals surface area (Å²) in [7, 11) is 0. The fraction of sp³-hybridized carbons (Fsp3) is 0.718. The first kappa shape index (κ1) is 71.1. The molecule has 3 aromatic carbocycles. The third kappa shape index (κ3) is 34.9. The normalized spacial score (nSPS) is 11.7. The van der Waals surface area contributed by atoms with E-state index in [0.717, 1.165) is 24.2 Å². The van der Waals surface area contributed by atoms with Crippen molar-refractivity contribution in [1.82, 2.24) is 0 Å². The summed E-state index contributed by atoms with van der Waals surface area (Å²) < 4.78 is 0. The molecular formula is C71H118N2NiO2. The molecule has 0 unspecified atom stereocenters. The van der Waals surface area contributed by atoms with Crippen molar-refractivity contribution in [2.75, 3.05) is 0 Å². The first-order valence-electron chi connectivity index (χ1n) is 32.7. The quantitative estimate of drug-likeness (QED) is 0.0321. The van der Waals surface area contributed by atoms with E-state index in [9.17, 15) is 10.2 Å². The number of rotatable bonds is 47. The predicted molar refractivity (Wildman–Crippen MR) is 331 cm³/mol. The van der Waals surface area contributed by atoms with Crippen LogP contribution in [0.5, 0.6) is 11.5 Å². The molecule has 3 rings (SSSR count).